The minimum absolute atomic E-state index is 0.170. The molecule has 0 atom stereocenters. The number of carboxylic acid groups (broad SMARTS) is 1. The van der Waals surface area contributed by atoms with E-state index in [1.54, 1.807) is 13.0 Å². The van der Waals surface area contributed by atoms with Gasteiger partial charge in [-0.25, -0.2) is 4.79 Å². The van der Waals surface area contributed by atoms with Gasteiger partial charge in [0.05, 0.1) is 18.3 Å². The van der Waals surface area contributed by atoms with Crippen LogP contribution in [0.5, 0.6) is 0 Å². The number of carbonyl (C=O) groups is 2. The molecule has 0 aliphatic carbocycles. The highest BCUT2D eigenvalue weighted by molar-refractivity contribution is 6.03. The van der Waals surface area contributed by atoms with Crippen LogP contribution in [0.2, 0.25) is 0 Å². The first kappa shape index (κ1) is 14.7. The summed E-state index contributed by atoms with van der Waals surface area (Å²) in [5, 5.41) is 19.1. The van der Waals surface area contributed by atoms with Crippen molar-refractivity contribution in [3.8, 4) is 0 Å². The summed E-state index contributed by atoms with van der Waals surface area (Å²) >= 11 is 0. The van der Waals surface area contributed by atoms with Crippen LogP contribution in [0.3, 0.4) is 0 Å². The molecule has 1 aromatic heterocycles. The maximum Gasteiger partial charge on any atom is 0.335 e. The molecule has 2 aromatic rings. The number of aromatic carboxylic acids is 1. The van der Waals surface area contributed by atoms with E-state index in [-0.39, 0.29) is 11.3 Å². The van der Waals surface area contributed by atoms with Crippen molar-refractivity contribution < 1.29 is 14.7 Å². The molecular formula is C13H15N5O3. The molecule has 0 spiro atoms. The van der Waals surface area contributed by atoms with E-state index in [1.165, 1.54) is 23.0 Å². The number of anilines is 1. The van der Waals surface area contributed by atoms with Crippen molar-refractivity contribution in [1.82, 2.24) is 15.0 Å². The van der Waals surface area contributed by atoms with Crippen LogP contribution in [0.1, 0.15) is 26.4 Å². The quantitative estimate of drug-likeness (QED) is 0.736. The van der Waals surface area contributed by atoms with E-state index in [2.05, 4.69) is 15.6 Å². The van der Waals surface area contributed by atoms with E-state index in [0.29, 0.717) is 24.3 Å². The summed E-state index contributed by atoms with van der Waals surface area (Å²) in [7, 11) is 0. The monoisotopic (exact) mass is 289 g/mol. The van der Waals surface area contributed by atoms with E-state index in [9.17, 15) is 9.59 Å². The summed E-state index contributed by atoms with van der Waals surface area (Å²) in [5.74, 6) is -1.42. The number of amides is 1. The van der Waals surface area contributed by atoms with Gasteiger partial charge < -0.3 is 16.2 Å². The number of nitrogens with two attached hydrogens (primary N) is 1. The van der Waals surface area contributed by atoms with E-state index in [1.807, 2.05) is 0 Å². The minimum atomic E-state index is -1.00. The Morgan fingerprint density at radius 2 is 2.19 bits per heavy atom. The number of carbonyl (C=O) groups excluding carboxylic acids is 1. The van der Waals surface area contributed by atoms with Crippen molar-refractivity contribution in [1.29, 1.82) is 0 Å². The fraction of sp³-hybridized carbons (Fsp3) is 0.231. The summed E-state index contributed by atoms with van der Waals surface area (Å²) in [6.07, 6.45) is 1.50. The maximum absolute atomic E-state index is 12.0. The fourth-order valence-corrected chi connectivity index (χ4v) is 1.82. The SMILES string of the molecule is Cc1cc(NC(=O)c2cn(CCN)nn2)ccc1C(=O)O. The molecule has 1 heterocycles. The van der Waals surface area contributed by atoms with Crippen LogP contribution >= 0.6 is 0 Å². The van der Waals surface area contributed by atoms with Crippen molar-refractivity contribution in [2.75, 3.05) is 11.9 Å². The molecule has 0 bridgehead atoms. The fourth-order valence-electron chi connectivity index (χ4n) is 1.82. The molecule has 0 radical (unpaired) electrons. The van der Waals surface area contributed by atoms with Crippen molar-refractivity contribution in [2.45, 2.75) is 13.5 Å². The average Bonchev–Trinajstić information content (AvgIpc) is 2.87. The molecule has 1 aromatic carbocycles. The molecule has 0 saturated heterocycles. The number of benzene rings is 1. The Bertz CT molecular complexity index is 680. The number of nitrogens with one attached hydrogen (secondary N) is 1. The highest BCUT2D eigenvalue weighted by atomic mass is 16.4. The Morgan fingerprint density at radius 1 is 1.43 bits per heavy atom. The smallest absolute Gasteiger partial charge is 0.335 e. The van der Waals surface area contributed by atoms with Gasteiger partial charge in [0, 0.05) is 12.2 Å². The second-order valence-corrected chi connectivity index (χ2v) is 4.44. The third-order valence-corrected chi connectivity index (χ3v) is 2.84. The molecule has 8 heteroatoms. The zero-order valence-corrected chi connectivity index (χ0v) is 11.4. The molecular weight excluding hydrogens is 274 g/mol. The first-order chi connectivity index (χ1) is 10.0. The first-order valence-electron chi connectivity index (χ1n) is 6.26. The van der Waals surface area contributed by atoms with Gasteiger partial charge in [0.1, 0.15) is 0 Å². The van der Waals surface area contributed by atoms with Crippen LogP contribution in [0.4, 0.5) is 5.69 Å². The van der Waals surface area contributed by atoms with Gasteiger partial charge in [-0.05, 0) is 30.7 Å². The van der Waals surface area contributed by atoms with Crippen LogP contribution < -0.4 is 11.1 Å². The number of rotatable bonds is 5. The predicted molar refractivity (Wildman–Crippen MR) is 75.2 cm³/mol. The van der Waals surface area contributed by atoms with Gasteiger partial charge in [0.2, 0.25) is 0 Å². The van der Waals surface area contributed by atoms with Gasteiger partial charge in [0.25, 0.3) is 5.91 Å². The Balaban J connectivity index is 2.11. The average molecular weight is 289 g/mol. The van der Waals surface area contributed by atoms with Crippen LogP contribution in [-0.2, 0) is 6.54 Å². The Morgan fingerprint density at radius 3 is 2.81 bits per heavy atom. The van der Waals surface area contributed by atoms with E-state index < -0.39 is 11.9 Å². The lowest BCUT2D eigenvalue weighted by molar-refractivity contribution is 0.0696. The van der Waals surface area contributed by atoms with Crippen molar-refractivity contribution >= 4 is 17.6 Å². The molecule has 0 saturated carbocycles. The predicted octanol–water partition coefficient (Wildman–Crippen LogP) is 0.496. The molecule has 8 nitrogen and oxygen atoms in total. The van der Waals surface area contributed by atoms with Crippen molar-refractivity contribution in [3.05, 3.63) is 41.2 Å². The van der Waals surface area contributed by atoms with Gasteiger partial charge in [0.15, 0.2) is 5.69 Å². The number of hydrogen-bond donors (Lipinski definition) is 3. The molecule has 1 amide bonds. The largest absolute Gasteiger partial charge is 0.478 e. The van der Waals surface area contributed by atoms with Crippen LogP contribution in [0, 0.1) is 6.92 Å². The normalized spacial score (nSPS) is 10.4. The third-order valence-electron chi connectivity index (χ3n) is 2.84. The Hall–Kier alpha value is -2.74. The lowest BCUT2D eigenvalue weighted by Gasteiger charge is -2.06. The molecule has 110 valence electrons. The number of aromatic nitrogens is 3. The van der Waals surface area contributed by atoms with Crippen LogP contribution in [0.15, 0.2) is 24.4 Å². The van der Waals surface area contributed by atoms with Gasteiger partial charge in [-0.3, -0.25) is 9.48 Å². The number of carboxylic acids is 1. The minimum Gasteiger partial charge on any atom is -0.478 e. The molecule has 0 aliphatic heterocycles. The van der Waals surface area contributed by atoms with E-state index in [0.717, 1.165) is 0 Å². The topological polar surface area (TPSA) is 123 Å². The second-order valence-electron chi connectivity index (χ2n) is 4.44. The molecule has 0 aliphatic rings. The van der Waals surface area contributed by atoms with Crippen LogP contribution in [-0.4, -0.2) is 38.5 Å². The summed E-state index contributed by atoms with van der Waals surface area (Å²) in [6, 6.07) is 4.56. The standard InChI is InChI=1S/C13H15N5O3/c1-8-6-9(2-3-10(8)13(20)21)15-12(19)11-7-18(5-4-14)17-16-11/h2-3,6-7H,4-5,14H2,1H3,(H,15,19)(H,20,21). The first-order valence-corrected chi connectivity index (χ1v) is 6.26. The molecule has 2 rings (SSSR count). The van der Waals surface area contributed by atoms with Gasteiger partial charge in [-0.1, -0.05) is 5.21 Å². The van der Waals surface area contributed by atoms with Gasteiger partial charge in [-0.2, -0.15) is 0 Å². The zero-order chi connectivity index (χ0) is 15.4. The molecule has 21 heavy (non-hydrogen) atoms. The van der Waals surface area contributed by atoms with Gasteiger partial charge >= 0.3 is 5.97 Å². The summed E-state index contributed by atoms with van der Waals surface area (Å²) in [5.41, 5.74) is 6.81. The van der Waals surface area contributed by atoms with E-state index >= 15 is 0 Å². The highest BCUT2D eigenvalue weighted by Crippen LogP contribution is 2.15. The number of hydrogen-bond acceptors (Lipinski definition) is 5. The van der Waals surface area contributed by atoms with Crippen LogP contribution in [0.25, 0.3) is 0 Å². The maximum atomic E-state index is 12.0. The van der Waals surface area contributed by atoms with Crippen molar-refractivity contribution in [2.24, 2.45) is 5.73 Å². The van der Waals surface area contributed by atoms with E-state index in [4.69, 9.17) is 10.8 Å². The number of nitrogens with zero attached hydrogens (tertiary/aromatic N) is 3. The molecule has 0 unspecified atom stereocenters. The Labute approximate surface area is 120 Å². The summed E-state index contributed by atoms with van der Waals surface area (Å²) in [4.78, 5) is 22.9. The second kappa shape index (κ2) is 6.14. The Kier molecular flexibility index (Phi) is 4.29. The van der Waals surface area contributed by atoms with Gasteiger partial charge in [-0.15, -0.1) is 5.10 Å². The lowest BCUT2D eigenvalue weighted by atomic mass is 10.1. The third kappa shape index (κ3) is 3.42. The summed E-state index contributed by atoms with van der Waals surface area (Å²) in [6.45, 7) is 2.55. The highest BCUT2D eigenvalue weighted by Gasteiger charge is 2.12. The van der Waals surface area contributed by atoms with Crippen molar-refractivity contribution in [3.63, 3.8) is 0 Å². The number of aryl methyl sites for hydroxylation is 1. The summed E-state index contributed by atoms with van der Waals surface area (Å²) < 4.78 is 1.48. The lowest BCUT2D eigenvalue weighted by Crippen LogP contribution is -2.13. The zero-order valence-electron chi connectivity index (χ0n) is 11.4. The molecule has 0 fully saturated rings. The molecule has 4 N–H and O–H groups in total.